The summed E-state index contributed by atoms with van der Waals surface area (Å²) < 4.78 is 1.83. The van der Waals surface area contributed by atoms with Crippen LogP contribution >= 0.6 is 11.3 Å². The molecule has 0 unspecified atom stereocenters. The van der Waals surface area contributed by atoms with Gasteiger partial charge in [0.2, 0.25) is 5.91 Å². The Balaban J connectivity index is 1.31. The van der Waals surface area contributed by atoms with E-state index in [1.165, 1.54) is 11.3 Å². The number of carbonyl (C=O) groups is 2. The lowest BCUT2D eigenvalue weighted by molar-refractivity contribution is -0.121. The Morgan fingerprint density at radius 1 is 1.04 bits per heavy atom. The van der Waals surface area contributed by atoms with Crippen molar-refractivity contribution in [2.45, 2.75) is 19.3 Å². The van der Waals surface area contributed by atoms with Gasteiger partial charge in [0.05, 0.1) is 16.8 Å². The Hall–Kier alpha value is -2.93. The standard InChI is InChI=1S/C20H22N4O2S/c25-19(9-4-11-22-20(26)18-8-5-13-27-18)21-12-10-16-14-23-24(15-16)17-6-2-1-3-7-17/h1-3,5-8,13-15H,4,9-12H2,(H,21,25)(H,22,26). The van der Waals surface area contributed by atoms with Crippen LogP contribution in [-0.4, -0.2) is 34.7 Å². The molecule has 2 aromatic heterocycles. The molecule has 6 nitrogen and oxygen atoms in total. The van der Waals surface area contributed by atoms with E-state index in [1.807, 2.05) is 58.9 Å². The van der Waals surface area contributed by atoms with Crippen LogP contribution in [0.4, 0.5) is 0 Å². The highest BCUT2D eigenvalue weighted by Crippen LogP contribution is 2.08. The third-order valence-corrected chi connectivity index (χ3v) is 4.87. The zero-order chi connectivity index (χ0) is 18.9. The van der Waals surface area contributed by atoms with Gasteiger partial charge in [-0.15, -0.1) is 11.3 Å². The molecule has 0 atom stereocenters. The predicted molar refractivity (Wildman–Crippen MR) is 106 cm³/mol. The van der Waals surface area contributed by atoms with E-state index in [0.29, 0.717) is 30.8 Å². The lowest BCUT2D eigenvalue weighted by atomic mass is 10.2. The van der Waals surface area contributed by atoms with E-state index in [4.69, 9.17) is 0 Å². The fourth-order valence-corrected chi connectivity index (χ4v) is 3.23. The van der Waals surface area contributed by atoms with Crippen LogP contribution in [0.2, 0.25) is 0 Å². The van der Waals surface area contributed by atoms with Gasteiger partial charge in [-0.2, -0.15) is 5.10 Å². The quantitative estimate of drug-likeness (QED) is 0.559. The van der Waals surface area contributed by atoms with Crippen LogP contribution in [0.5, 0.6) is 0 Å². The van der Waals surface area contributed by atoms with Gasteiger partial charge in [0.1, 0.15) is 0 Å². The predicted octanol–water partition coefficient (Wildman–Crippen LogP) is 2.80. The summed E-state index contributed by atoms with van der Waals surface area (Å²) >= 11 is 1.41. The van der Waals surface area contributed by atoms with Crippen LogP contribution in [-0.2, 0) is 11.2 Å². The summed E-state index contributed by atoms with van der Waals surface area (Å²) in [5.74, 6) is -0.0864. The second-order valence-corrected chi connectivity index (χ2v) is 7.01. The van der Waals surface area contributed by atoms with Gasteiger partial charge in [-0.1, -0.05) is 24.3 Å². The zero-order valence-electron chi connectivity index (χ0n) is 14.9. The first kappa shape index (κ1) is 18.8. The van der Waals surface area contributed by atoms with Crippen molar-refractivity contribution in [3.63, 3.8) is 0 Å². The molecule has 0 saturated heterocycles. The molecule has 0 radical (unpaired) electrons. The van der Waals surface area contributed by atoms with Crippen molar-refractivity contribution in [2.75, 3.05) is 13.1 Å². The lowest BCUT2D eigenvalue weighted by Gasteiger charge is -2.05. The molecule has 2 heterocycles. The molecule has 3 aromatic rings. The molecule has 0 bridgehead atoms. The van der Waals surface area contributed by atoms with E-state index in [0.717, 1.165) is 17.7 Å². The minimum atomic E-state index is -0.0826. The number of nitrogens with zero attached hydrogens (tertiary/aromatic N) is 2. The lowest BCUT2D eigenvalue weighted by Crippen LogP contribution is -2.28. The molecule has 27 heavy (non-hydrogen) atoms. The number of aromatic nitrogens is 2. The topological polar surface area (TPSA) is 76.0 Å². The van der Waals surface area contributed by atoms with Crippen molar-refractivity contribution in [3.8, 4) is 5.69 Å². The molecule has 0 aliphatic rings. The fraction of sp³-hybridized carbons (Fsp3) is 0.250. The number of carbonyl (C=O) groups excluding carboxylic acids is 2. The number of rotatable bonds is 9. The highest BCUT2D eigenvalue weighted by atomic mass is 32.1. The van der Waals surface area contributed by atoms with Gasteiger partial charge in [-0.05, 0) is 42.0 Å². The molecule has 1 aromatic carbocycles. The van der Waals surface area contributed by atoms with Gasteiger partial charge >= 0.3 is 0 Å². The van der Waals surface area contributed by atoms with Crippen molar-refractivity contribution in [3.05, 3.63) is 70.7 Å². The largest absolute Gasteiger partial charge is 0.356 e. The summed E-state index contributed by atoms with van der Waals surface area (Å²) in [6, 6.07) is 13.5. The second kappa shape index (κ2) is 9.68. The number of hydrogen-bond donors (Lipinski definition) is 2. The van der Waals surface area contributed by atoms with E-state index in [9.17, 15) is 9.59 Å². The third kappa shape index (κ3) is 5.79. The maximum Gasteiger partial charge on any atom is 0.261 e. The Kier molecular flexibility index (Phi) is 6.76. The van der Waals surface area contributed by atoms with E-state index >= 15 is 0 Å². The van der Waals surface area contributed by atoms with Gasteiger partial charge < -0.3 is 10.6 Å². The Labute approximate surface area is 162 Å². The van der Waals surface area contributed by atoms with Crippen LogP contribution in [0.3, 0.4) is 0 Å². The second-order valence-electron chi connectivity index (χ2n) is 6.07. The van der Waals surface area contributed by atoms with Gasteiger partial charge in [0.15, 0.2) is 0 Å². The van der Waals surface area contributed by atoms with Crippen LogP contribution in [0, 0.1) is 0 Å². The average Bonchev–Trinajstić information content (AvgIpc) is 3.38. The van der Waals surface area contributed by atoms with Gasteiger partial charge in [-0.25, -0.2) is 4.68 Å². The van der Waals surface area contributed by atoms with Crippen LogP contribution in [0.1, 0.15) is 28.1 Å². The monoisotopic (exact) mass is 382 g/mol. The van der Waals surface area contributed by atoms with Crippen molar-refractivity contribution in [1.82, 2.24) is 20.4 Å². The Bertz CT molecular complexity index is 859. The van der Waals surface area contributed by atoms with Crippen molar-refractivity contribution in [1.29, 1.82) is 0 Å². The third-order valence-electron chi connectivity index (χ3n) is 4.00. The number of hydrogen-bond acceptors (Lipinski definition) is 4. The minimum Gasteiger partial charge on any atom is -0.356 e. The first-order chi connectivity index (χ1) is 13.2. The summed E-state index contributed by atoms with van der Waals surface area (Å²) in [7, 11) is 0. The highest BCUT2D eigenvalue weighted by Gasteiger charge is 2.06. The van der Waals surface area contributed by atoms with Gasteiger partial charge in [-0.3, -0.25) is 9.59 Å². The number of benzene rings is 1. The molecule has 0 spiro atoms. The number of amides is 2. The smallest absolute Gasteiger partial charge is 0.261 e. The summed E-state index contributed by atoms with van der Waals surface area (Å²) in [4.78, 5) is 24.4. The van der Waals surface area contributed by atoms with Gasteiger partial charge in [0.25, 0.3) is 5.91 Å². The SMILES string of the molecule is O=C(CCCNC(=O)c1cccs1)NCCc1cnn(-c2ccccc2)c1. The summed E-state index contributed by atoms with van der Waals surface area (Å²) in [6.07, 6.45) is 5.54. The Morgan fingerprint density at radius 3 is 2.67 bits per heavy atom. The number of nitrogens with one attached hydrogen (secondary N) is 2. The van der Waals surface area contributed by atoms with E-state index < -0.39 is 0 Å². The summed E-state index contributed by atoms with van der Waals surface area (Å²) in [5, 5.41) is 11.9. The summed E-state index contributed by atoms with van der Waals surface area (Å²) in [6.45, 7) is 1.06. The average molecular weight is 382 g/mol. The van der Waals surface area contributed by atoms with Gasteiger partial charge in [0, 0.05) is 25.7 Å². The molecule has 140 valence electrons. The number of thiophene rings is 1. The molecule has 0 fully saturated rings. The molecule has 2 amide bonds. The molecule has 7 heteroatoms. The van der Waals surface area contributed by atoms with E-state index in [1.54, 1.807) is 6.07 Å². The molecule has 3 rings (SSSR count). The first-order valence-corrected chi connectivity index (χ1v) is 9.78. The number of para-hydroxylation sites is 1. The zero-order valence-corrected chi connectivity index (χ0v) is 15.7. The van der Waals surface area contributed by atoms with Crippen LogP contribution < -0.4 is 10.6 Å². The van der Waals surface area contributed by atoms with Crippen LogP contribution in [0.25, 0.3) is 5.69 Å². The molecular formula is C20H22N4O2S. The maximum absolute atomic E-state index is 11.9. The maximum atomic E-state index is 11.9. The van der Waals surface area contributed by atoms with Crippen molar-refractivity contribution < 1.29 is 9.59 Å². The highest BCUT2D eigenvalue weighted by molar-refractivity contribution is 7.12. The molecule has 0 aliphatic heterocycles. The molecule has 0 saturated carbocycles. The molecular weight excluding hydrogens is 360 g/mol. The normalized spacial score (nSPS) is 10.5. The molecule has 2 N–H and O–H groups in total. The first-order valence-electron chi connectivity index (χ1n) is 8.90. The fourth-order valence-electron chi connectivity index (χ4n) is 2.59. The Morgan fingerprint density at radius 2 is 1.89 bits per heavy atom. The van der Waals surface area contributed by atoms with E-state index in [-0.39, 0.29) is 11.8 Å². The van der Waals surface area contributed by atoms with Crippen molar-refractivity contribution >= 4 is 23.2 Å². The summed E-state index contributed by atoms with van der Waals surface area (Å²) in [5.41, 5.74) is 2.08. The van der Waals surface area contributed by atoms with Crippen LogP contribution in [0.15, 0.2) is 60.2 Å². The molecule has 0 aliphatic carbocycles. The van der Waals surface area contributed by atoms with Crippen molar-refractivity contribution in [2.24, 2.45) is 0 Å². The minimum absolute atomic E-state index is 0.00387. The van der Waals surface area contributed by atoms with E-state index in [2.05, 4.69) is 15.7 Å².